The van der Waals surface area contributed by atoms with Crippen molar-refractivity contribution in [3.63, 3.8) is 0 Å². The maximum Gasteiger partial charge on any atom is 0.313 e. The molecule has 1 aromatic carbocycles. The van der Waals surface area contributed by atoms with Crippen LogP contribution in [0.4, 0.5) is 0 Å². The normalized spacial score (nSPS) is 13.5. The summed E-state index contributed by atoms with van der Waals surface area (Å²) >= 11 is 0. The molecule has 0 unspecified atom stereocenters. The first-order valence-corrected chi connectivity index (χ1v) is 15.8. The van der Waals surface area contributed by atoms with E-state index in [1.54, 1.807) is 0 Å². The van der Waals surface area contributed by atoms with Crippen molar-refractivity contribution in [1.82, 2.24) is 10.3 Å². The molecule has 248 valence electrons. The number of hydrogen-bond donors (Lipinski definition) is 6. The average molecular weight is 614 g/mol. The number of carbonyl (C=O) groups excluding carboxylic acids is 2. The molecular formula is C34H59N7O3. The van der Waals surface area contributed by atoms with Gasteiger partial charge in [0.25, 0.3) is 0 Å². The highest BCUT2D eigenvalue weighted by Crippen LogP contribution is 2.41. The van der Waals surface area contributed by atoms with E-state index < -0.39 is 17.4 Å². The third-order valence-electron chi connectivity index (χ3n) is 8.37. The first kappa shape index (κ1) is 37.1. The third-order valence-corrected chi connectivity index (χ3v) is 8.37. The molecule has 0 bridgehead atoms. The highest BCUT2D eigenvalue weighted by atomic mass is 16.5. The van der Waals surface area contributed by atoms with Gasteiger partial charge in [-0.1, -0.05) is 68.4 Å². The number of nitrogens with one attached hydrogen (secondary N) is 2. The zero-order valence-electron chi connectivity index (χ0n) is 28.9. The number of ether oxygens (including phenoxy) is 1. The molecule has 2 rings (SSSR count). The molecule has 2 aromatic rings. The number of nitrogens with zero attached hydrogens (tertiary/aromatic N) is 1. The number of hydrogen-bond acceptors (Lipinski definition) is 6. The van der Waals surface area contributed by atoms with Gasteiger partial charge in [-0.15, -0.1) is 0 Å². The Balaban J connectivity index is 2.70. The number of guanidine groups is 1. The minimum absolute atomic E-state index is 0.0536. The summed E-state index contributed by atoms with van der Waals surface area (Å²) in [6.07, 6.45) is 2.40. The number of amides is 1. The van der Waals surface area contributed by atoms with Crippen LogP contribution in [0.15, 0.2) is 17.1 Å². The SMILES string of the molecule is COC(=O)C(CCCN)(CCCN)CNC(=O)[C@H](Cc1c(C(C)(C)C)[nH]c2cc(C(C)(C)C)cc(C(C)(C)C)c12)N=C(N)N. The van der Waals surface area contributed by atoms with Gasteiger partial charge in [0.05, 0.1) is 12.5 Å². The topological polar surface area (TPSA) is 188 Å². The number of aromatic amines is 1. The summed E-state index contributed by atoms with van der Waals surface area (Å²) in [4.78, 5) is 35.1. The molecule has 1 heterocycles. The Bertz CT molecular complexity index is 1310. The van der Waals surface area contributed by atoms with Crippen molar-refractivity contribution in [2.24, 2.45) is 33.3 Å². The molecule has 1 amide bonds. The lowest BCUT2D eigenvalue weighted by Gasteiger charge is -2.32. The highest BCUT2D eigenvalue weighted by Gasteiger charge is 2.40. The van der Waals surface area contributed by atoms with Crippen LogP contribution in [0, 0.1) is 5.41 Å². The number of H-pyrrole nitrogens is 1. The summed E-state index contributed by atoms with van der Waals surface area (Å²) < 4.78 is 5.19. The van der Waals surface area contributed by atoms with E-state index in [0.717, 1.165) is 22.2 Å². The van der Waals surface area contributed by atoms with Gasteiger partial charge < -0.3 is 38.0 Å². The first-order valence-electron chi connectivity index (χ1n) is 15.8. The Labute approximate surface area is 264 Å². The molecule has 0 aliphatic rings. The molecule has 0 spiro atoms. The van der Waals surface area contributed by atoms with Crippen molar-refractivity contribution in [3.8, 4) is 0 Å². The second-order valence-electron chi connectivity index (χ2n) is 15.2. The predicted molar refractivity (Wildman–Crippen MR) is 182 cm³/mol. The zero-order valence-corrected chi connectivity index (χ0v) is 28.9. The monoisotopic (exact) mass is 613 g/mol. The molecule has 1 aromatic heterocycles. The number of aromatic nitrogens is 1. The lowest BCUT2D eigenvalue weighted by Crippen LogP contribution is -2.47. The van der Waals surface area contributed by atoms with Gasteiger partial charge in [0.1, 0.15) is 6.04 Å². The van der Waals surface area contributed by atoms with Crippen LogP contribution in [0.1, 0.15) is 110 Å². The van der Waals surface area contributed by atoms with E-state index in [0.29, 0.717) is 38.8 Å². The van der Waals surface area contributed by atoms with E-state index in [2.05, 4.69) is 89.7 Å². The van der Waals surface area contributed by atoms with Crippen molar-refractivity contribution < 1.29 is 14.3 Å². The van der Waals surface area contributed by atoms with Crippen LogP contribution in [-0.4, -0.2) is 55.6 Å². The van der Waals surface area contributed by atoms with Gasteiger partial charge in [-0.05, 0) is 72.4 Å². The van der Waals surface area contributed by atoms with E-state index in [4.69, 9.17) is 27.7 Å². The molecule has 0 radical (unpaired) electrons. The largest absolute Gasteiger partial charge is 0.469 e. The average Bonchev–Trinajstić information content (AvgIpc) is 3.29. The minimum Gasteiger partial charge on any atom is -0.469 e. The number of rotatable bonds is 13. The maximum absolute atomic E-state index is 13.9. The zero-order chi connectivity index (χ0) is 33.7. The van der Waals surface area contributed by atoms with Crippen molar-refractivity contribution in [3.05, 3.63) is 34.5 Å². The number of esters is 1. The highest BCUT2D eigenvalue weighted by molar-refractivity contribution is 5.92. The van der Waals surface area contributed by atoms with Gasteiger partial charge in [-0.25, -0.2) is 4.99 Å². The molecule has 0 fully saturated rings. The molecule has 0 aliphatic carbocycles. The standard InChI is InChI=1S/C34H59N7O3/c1-31(2,3)21-17-23(32(4,5)6)26-22(27(33(7,8)9)40-24(26)18-21)19-25(41-30(37)38)28(42)39-20-34(13-11-15-35,14-12-16-36)29(43)44-10/h17-18,25,40H,11-16,19-20,35-36H2,1-10H3,(H,39,42)(H4,37,38,41)/t25-/m0/s1. The first-order chi connectivity index (χ1) is 20.2. The fraction of sp³-hybridized carbons (Fsp3) is 0.676. The Morgan fingerprint density at radius 1 is 0.909 bits per heavy atom. The number of fused-ring (bicyclic) bond motifs is 1. The maximum atomic E-state index is 13.9. The number of carbonyl (C=O) groups is 2. The van der Waals surface area contributed by atoms with Gasteiger partial charge in [-0.2, -0.15) is 0 Å². The Kier molecular flexibility index (Phi) is 12.1. The van der Waals surface area contributed by atoms with Crippen LogP contribution >= 0.6 is 0 Å². The lowest BCUT2D eigenvalue weighted by molar-refractivity contribution is -0.154. The van der Waals surface area contributed by atoms with Crippen LogP contribution in [0.5, 0.6) is 0 Å². The number of methoxy groups -OCH3 is 1. The van der Waals surface area contributed by atoms with Gasteiger partial charge in [0, 0.05) is 35.0 Å². The predicted octanol–water partition coefficient (Wildman–Crippen LogP) is 4.00. The lowest BCUT2D eigenvalue weighted by atomic mass is 9.77. The summed E-state index contributed by atoms with van der Waals surface area (Å²) in [5, 5.41) is 4.10. The van der Waals surface area contributed by atoms with E-state index in [9.17, 15) is 9.59 Å². The molecule has 0 aliphatic heterocycles. The minimum atomic E-state index is -0.953. The van der Waals surface area contributed by atoms with E-state index >= 15 is 0 Å². The van der Waals surface area contributed by atoms with Gasteiger partial charge in [0.2, 0.25) is 5.91 Å². The number of aliphatic imine (C=N–C) groups is 1. The van der Waals surface area contributed by atoms with E-state index in [1.165, 1.54) is 18.2 Å². The molecular weight excluding hydrogens is 554 g/mol. The van der Waals surface area contributed by atoms with Crippen LogP contribution in [-0.2, 0) is 37.0 Å². The quantitative estimate of drug-likeness (QED) is 0.112. The third kappa shape index (κ3) is 8.97. The molecule has 0 saturated heterocycles. The van der Waals surface area contributed by atoms with Crippen molar-refractivity contribution in [2.75, 3.05) is 26.7 Å². The van der Waals surface area contributed by atoms with Crippen molar-refractivity contribution in [2.45, 2.75) is 117 Å². The van der Waals surface area contributed by atoms with Gasteiger partial charge in [0.15, 0.2) is 5.96 Å². The summed E-state index contributed by atoms with van der Waals surface area (Å²) in [6.45, 7) is 20.6. The molecule has 44 heavy (non-hydrogen) atoms. The Morgan fingerprint density at radius 3 is 1.91 bits per heavy atom. The molecule has 10 heteroatoms. The fourth-order valence-electron chi connectivity index (χ4n) is 5.89. The summed E-state index contributed by atoms with van der Waals surface area (Å²) in [5.41, 5.74) is 27.4. The van der Waals surface area contributed by atoms with Gasteiger partial charge >= 0.3 is 5.97 Å². The van der Waals surface area contributed by atoms with Crippen LogP contribution in [0.2, 0.25) is 0 Å². The Morgan fingerprint density at radius 2 is 1.48 bits per heavy atom. The molecule has 10 nitrogen and oxygen atoms in total. The van der Waals surface area contributed by atoms with E-state index in [1.807, 2.05) is 0 Å². The second-order valence-corrected chi connectivity index (χ2v) is 15.2. The molecule has 10 N–H and O–H groups in total. The van der Waals surface area contributed by atoms with Crippen molar-refractivity contribution >= 4 is 28.7 Å². The van der Waals surface area contributed by atoms with Crippen LogP contribution in [0.3, 0.4) is 0 Å². The summed E-state index contributed by atoms with van der Waals surface area (Å²) in [5.74, 6) is -0.946. The van der Waals surface area contributed by atoms with E-state index in [-0.39, 0.29) is 41.1 Å². The summed E-state index contributed by atoms with van der Waals surface area (Å²) in [6, 6.07) is 3.59. The van der Waals surface area contributed by atoms with Crippen LogP contribution in [0.25, 0.3) is 10.9 Å². The van der Waals surface area contributed by atoms with Gasteiger partial charge in [-0.3, -0.25) is 9.59 Å². The fourth-order valence-corrected chi connectivity index (χ4v) is 5.89. The Hall–Kier alpha value is -3.11. The smallest absolute Gasteiger partial charge is 0.313 e. The molecule has 0 saturated carbocycles. The summed E-state index contributed by atoms with van der Waals surface area (Å²) in [7, 11) is 1.36. The molecule has 1 atom stereocenters. The number of benzene rings is 1. The second kappa shape index (κ2) is 14.3. The van der Waals surface area contributed by atoms with Crippen molar-refractivity contribution in [1.29, 1.82) is 0 Å². The number of nitrogens with two attached hydrogens (primary N) is 4. The van der Waals surface area contributed by atoms with Crippen LogP contribution < -0.4 is 28.3 Å².